The summed E-state index contributed by atoms with van der Waals surface area (Å²) in [6.45, 7) is 0.449. The van der Waals surface area contributed by atoms with Gasteiger partial charge in [-0.05, 0) is 53.6 Å². The van der Waals surface area contributed by atoms with E-state index in [0.29, 0.717) is 28.3 Å². The van der Waals surface area contributed by atoms with Gasteiger partial charge in [0.15, 0.2) is 0 Å². The van der Waals surface area contributed by atoms with Crippen molar-refractivity contribution in [2.75, 3.05) is 0 Å². The van der Waals surface area contributed by atoms with Crippen LogP contribution in [0.25, 0.3) is 23.1 Å². The van der Waals surface area contributed by atoms with Crippen molar-refractivity contribution in [2.45, 2.75) is 6.54 Å². The lowest BCUT2D eigenvalue weighted by Gasteiger charge is -2.11. The first-order valence-electron chi connectivity index (χ1n) is 8.78. The van der Waals surface area contributed by atoms with Crippen LogP contribution in [0.2, 0.25) is 5.02 Å². The molecule has 0 fully saturated rings. The van der Waals surface area contributed by atoms with Crippen molar-refractivity contribution < 1.29 is 0 Å². The maximum Gasteiger partial charge on any atom is 0.261 e. The molecule has 0 saturated heterocycles. The minimum Gasteiger partial charge on any atom is -0.288 e. The van der Waals surface area contributed by atoms with Crippen LogP contribution in [0.15, 0.2) is 82.1 Å². The van der Waals surface area contributed by atoms with Crippen LogP contribution < -0.4 is 5.56 Å². The molecule has 3 aromatic carbocycles. The summed E-state index contributed by atoms with van der Waals surface area (Å²) in [5.41, 5.74) is 2.66. The number of halogens is 2. The predicted octanol–water partition coefficient (Wildman–Crippen LogP) is 6.03. The molecular weight excluding hydrogens is 436 g/mol. The van der Waals surface area contributed by atoms with Crippen LogP contribution in [-0.2, 0) is 6.54 Å². The highest BCUT2D eigenvalue weighted by Crippen LogP contribution is 2.16. The van der Waals surface area contributed by atoms with Gasteiger partial charge in [0.2, 0.25) is 0 Å². The Labute approximate surface area is 176 Å². The molecule has 28 heavy (non-hydrogen) atoms. The van der Waals surface area contributed by atoms with Crippen molar-refractivity contribution in [1.82, 2.24) is 9.55 Å². The molecule has 4 rings (SSSR count). The van der Waals surface area contributed by atoms with E-state index in [-0.39, 0.29) is 5.56 Å². The fraction of sp³-hybridized carbons (Fsp3) is 0.0435. The van der Waals surface area contributed by atoms with E-state index in [1.54, 1.807) is 4.57 Å². The van der Waals surface area contributed by atoms with Crippen LogP contribution in [0, 0.1) is 0 Å². The van der Waals surface area contributed by atoms with Gasteiger partial charge in [0.25, 0.3) is 5.56 Å². The summed E-state index contributed by atoms with van der Waals surface area (Å²) in [5, 5.41) is 1.30. The molecule has 3 nitrogen and oxygen atoms in total. The van der Waals surface area contributed by atoms with E-state index in [4.69, 9.17) is 16.6 Å². The van der Waals surface area contributed by atoms with Gasteiger partial charge in [-0.1, -0.05) is 70.0 Å². The zero-order chi connectivity index (χ0) is 19.5. The Kier molecular flexibility index (Phi) is 5.42. The normalized spacial score (nSPS) is 11.4. The van der Waals surface area contributed by atoms with Crippen molar-refractivity contribution >= 4 is 50.6 Å². The molecule has 138 valence electrons. The topological polar surface area (TPSA) is 34.9 Å². The van der Waals surface area contributed by atoms with E-state index in [1.807, 2.05) is 84.9 Å². The minimum absolute atomic E-state index is 0.0516. The van der Waals surface area contributed by atoms with Gasteiger partial charge in [0, 0.05) is 9.50 Å². The average Bonchev–Trinajstić information content (AvgIpc) is 2.71. The summed E-state index contributed by atoms with van der Waals surface area (Å²) in [5.74, 6) is 0.613. The molecule has 0 radical (unpaired) electrons. The Balaban J connectivity index is 1.81. The van der Waals surface area contributed by atoms with Crippen molar-refractivity contribution in [2.24, 2.45) is 0 Å². The lowest BCUT2D eigenvalue weighted by molar-refractivity contribution is 0.738. The fourth-order valence-electron chi connectivity index (χ4n) is 2.98. The summed E-state index contributed by atoms with van der Waals surface area (Å²) in [6.07, 6.45) is 3.81. The van der Waals surface area contributed by atoms with E-state index < -0.39 is 0 Å². The SMILES string of the molecule is O=c1c2ccccc2nc(C=Cc2ccc(Cl)cc2)n1Cc1ccc(Br)cc1. The predicted molar refractivity (Wildman–Crippen MR) is 120 cm³/mol. The first kappa shape index (κ1) is 18.7. The van der Waals surface area contributed by atoms with Gasteiger partial charge in [-0.15, -0.1) is 0 Å². The van der Waals surface area contributed by atoms with Gasteiger partial charge in [-0.3, -0.25) is 9.36 Å². The van der Waals surface area contributed by atoms with Gasteiger partial charge in [0.1, 0.15) is 5.82 Å². The second-order valence-corrected chi connectivity index (χ2v) is 7.74. The third kappa shape index (κ3) is 4.08. The highest BCUT2D eigenvalue weighted by molar-refractivity contribution is 9.10. The standard InChI is InChI=1S/C23H16BrClN2O/c24-18-10-5-17(6-11-18)15-27-22(14-9-16-7-12-19(25)13-8-16)26-21-4-2-1-3-20(21)23(27)28/h1-14H,15H2. The van der Waals surface area contributed by atoms with E-state index in [0.717, 1.165) is 15.6 Å². The molecule has 0 bridgehead atoms. The number of hydrogen-bond acceptors (Lipinski definition) is 2. The van der Waals surface area contributed by atoms with Crippen molar-refractivity contribution in [3.63, 3.8) is 0 Å². The number of aromatic nitrogens is 2. The monoisotopic (exact) mass is 450 g/mol. The lowest BCUT2D eigenvalue weighted by Crippen LogP contribution is -2.24. The van der Waals surface area contributed by atoms with Crippen molar-refractivity contribution in [3.05, 3.63) is 110 Å². The Morgan fingerprint density at radius 1 is 0.929 bits per heavy atom. The molecule has 4 aromatic rings. The Bertz CT molecular complexity index is 1210. The Morgan fingerprint density at radius 3 is 2.39 bits per heavy atom. The maximum absolute atomic E-state index is 13.1. The number of benzene rings is 3. The van der Waals surface area contributed by atoms with Gasteiger partial charge in [0.05, 0.1) is 17.4 Å². The molecule has 5 heteroatoms. The van der Waals surface area contributed by atoms with Crippen LogP contribution in [0.3, 0.4) is 0 Å². The van der Waals surface area contributed by atoms with Gasteiger partial charge < -0.3 is 0 Å². The smallest absolute Gasteiger partial charge is 0.261 e. The molecule has 0 amide bonds. The molecule has 0 aliphatic rings. The average molecular weight is 452 g/mol. The van der Waals surface area contributed by atoms with Crippen LogP contribution in [0.1, 0.15) is 17.0 Å². The fourth-order valence-corrected chi connectivity index (χ4v) is 3.37. The highest BCUT2D eigenvalue weighted by atomic mass is 79.9. The number of nitrogens with zero attached hydrogens (tertiary/aromatic N) is 2. The molecule has 0 aliphatic carbocycles. The second-order valence-electron chi connectivity index (χ2n) is 6.39. The highest BCUT2D eigenvalue weighted by Gasteiger charge is 2.09. The molecule has 0 atom stereocenters. The molecule has 0 saturated carbocycles. The van der Waals surface area contributed by atoms with Crippen LogP contribution in [-0.4, -0.2) is 9.55 Å². The first-order chi connectivity index (χ1) is 13.6. The summed E-state index contributed by atoms with van der Waals surface area (Å²) < 4.78 is 2.71. The summed E-state index contributed by atoms with van der Waals surface area (Å²) in [4.78, 5) is 17.9. The molecular formula is C23H16BrClN2O. The Morgan fingerprint density at radius 2 is 1.64 bits per heavy atom. The van der Waals surface area contributed by atoms with Gasteiger partial charge in [-0.25, -0.2) is 4.98 Å². The number of hydrogen-bond donors (Lipinski definition) is 0. The van der Waals surface area contributed by atoms with E-state index in [9.17, 15) is 4.79 Å². The lowest BCUT2D eigenvalue weighted by atomic mass is 10.2. The summed E-state index contributed by atoms with van der Waals surface area (Å²) >= 11 is 9.40. The molecule has 0 aliphatic heterocycles. The van der Waals surface area contributed by atoms with E-state index in [1.165, 1.54) is 0 Å². The van der Waals surface area contributed by atoms with E-state index >= 15 is 0 Å². The molecule has 0 N–H and O–H groups in total. The quantitative estimate of drug-likeness (QED) is 0.380. The third-order valence-corrected chi connectivity index (χ3v) is 5.22. The number of fused-ring (bicyclic) bond motifs is 1. The maximum atomic E-state index is 13.1. The van der Waals surface area contributed by atoms with Crippen molar-refractivity contribution in [3.8, 4) is 0 Å². The Hall–Kier alpha value is -2.69. The molecule has 0 unspecified atom stereocenters. The second kappa shape index (κ2) is 8.13. The summed E-state index contributed by atoms with van der Waals surface area (Å²) in [6, 6.07) is 22.9. The van der Waals surface area contributed by atoms with Crippen LogP contribution in [0.4, 0.5) is 0 Å². The zero-order valence-corrected chi connectivity index (χ0v) is 17.2. The zero-order valence-electron chi connectivity index (χ0n) is 14.8. The van der Waals surface area contributed by atoms with Crippen LogP contribution in [0.5, 0.6) is 0 Å². The van der Waals surface area contributed by atoms with Crippen LogP contribution >= 0.6 is 27.5 Å². The van der Waals surface area contributed by atoms with Crippen molar-refractivity contribution in [1.29, 1.82) is 0 Å². The molecule has 1 aromatic heterocycles. The molecule has 0 spiro atoms. The largest absolute Gasteiger partial charge is 0.288 e. The first-order valence-corrected chi connectivity index (χ1v) is 9.95. The third-order valence-electron chi connectivity index (χ3n) is 4.44. The van der Waals surface area contributed by atoms with E-state index in [2.05, 4.69) is 15.9 Å². The number of rotatable bonds is 4. The van der Waals surface area contributed by atoms with Gasteiger partial charge >= 0.3 is 0 Å². The number of para-hydroxylation sites is 1. The minimum atomic E-state index is -0.0516. The summed E-state index contributed by atoms with van der Waals surface area (Å²) in [7, 11) is 0. The molecule has 1 heterocycles. The van der Waals surface area contributed by atoms with Gasteiger partial charge in [-0.2, -0.15) is 0 Å².